The Morgan fingerprint density at radius 1 is 0.559 bits per heavy atom. The fourth-order valence-corrected chi connectivity index (χ4v) is 3.16. The number of hydrogen-bond donors (Lipinski definition) is 0. The first-order chi connectivity index (χ1) is 16.1. The van der Waals surface area contributed by atoms with E-state index in [1.807, 2.05) is 0 Å². The van der Waals surface area contributed by atoms with Gasteiger partial charge in [-0.2, -0.15) is 26.3 Å². The molecule has 0 bridgehead atoms. The molecule has 0 unspecified atom stereocenters. The van der Waals surface area contributed by atoms with E-state index in [1.54, 1.807) is 42.5 Å². The molecule has 0 spiro atoms. The number of ether oxygens (including phenoxy) is 2. The van der Waals surface area contributed by atoms with E-state index in [1.165, 1.54) is 24.3 Å². The van der Waals surface area contributed by atoms with Crippen molar-refractivity contribution in [3.05, 3.63) is 108 Å². The third-order valence-electron chi connectivity index (χ3n) is 4.75. The van der Waals surface area contributed by atoms with Gasteiger partial charge >= 0.3 is 12.4 Å². The van der Waals surface area contributed by atoms with Crippen molar-refractivity contribution in [2.24, 2.45) is 0 Å². The lowest BCUT2D eigenvalue weighted by atomic mass is 10.0. The maximum absolute atomic E-state index is 13.0. The first kappa shape index (κ1) is 23.2. The molecule has 8 heteroatoms. The highest BCUT2D eigenvalue weighted by Crippen LogP contribution is 2.37. The second-order valence-electron chi connectivity index (χ2n) is 7.19. The molecular formula is C26H15F6O2. The summed E-state index contributed by atoms with van der Waals surface area (Å²) >= 11 is 0. The van der Waals surface area contributed by atoms with E-state index in [-0.39, 0.29) is 17.2 Å². The van der Waals surface area contributed by atoms with Gasteiger partial charge in [-0.05, 0) is 72.3 Å². The van der Waals surface area contributed by atoms with Crippen LogP contribution in [0.3, 0.4) is 0 Å². The molecule has 4 aromatic rings. The molecule has 0 aromatic heterocycles. The Bertz CT molecular complexity index is 1280. The summed E-state index contributed by atoms with van der Waals surface area (Å²) in [5.41, 5.74) is -0.563. The second-order valence-corrected chi connectivity index (χ2v) is 7.19. The molecule has 0 aliphatic rings. The summed E-state index contributed by atoms with van der Waals surface area (Å²) in [4.78, 5) is 0. The average molecular weight is 473 g/mol. The lowest BCUT2D eigenvalue weighted by Gasteiger charge is -2.14. The molecule has 4 rings (SSSR count). The third kappa shape index (κ3) is 5.51. The summed E-state index contributed by atoms with van der Waals surface area (Å²) < 4.78 is 88.7. The molecule has 0 N–H and O–H groups in total. The Labute approximate surface area is 191 Å². The van der Waals surface area contributed by atoms with Gasteiger partial charge in [-0.15, -0.1) is 0 Å². The topological polar surface area (TPSA) is 18.5 Å². The lowest BCUT2D eigenvalue weighted by molar-refractivity contribution is -0.138. The first-order valence-corrected chi connectivity index (χ1v) is 9.91. The van der Waals surface area contributed by atoms with Crippen LogP contribution in [0, 0.1) is 6.07 Å². The Hall–Kier alpha value is -3.94. The molecule has 0 atom stereocenters. The highest BCUT2D eigenvalue weighted by Gasteiger charge is 2.31. The van der Waals surface area contributed by atoms with Crippen molar-refractivity contribution in [3.63, 3.8) is 0 Å². The van der Waals surface area contributed by atoms with Crippen LogP contribution in [0.15, 0.2) is 91.0 Å². The van der Waals surface area contributed by atoms with E-state index < -0.39 is 23.5 Å². The van der Waals surface area contributed by atoms with E-state index in [2.05, 4.69) is 6.07 Å². The van der Waals surface area contributed by atoms with E-state index >= 15 is 0 Å². The largest absolute Gasteiger partial charge is 0.457 e. The molecule has 0 aliphatic heterocycles. The smallest absolute Gasteiger partial charge is 0.416 e. The number of benzene rings is 4. The normalized spacial score (nSPS) is 11.8. The van der Waals surface area contributed by atoms with Crippen molar-refractivity contribution >= 4 is 0 Å². The summed E-state index contributed by atoms with van der Waals surface area (Å²) in [6, 6.07) is 23.3. The van der Waals surface area contributed by atoms with Crippen molar-refractivity contribution in [2.45, 2.75) is 12.4 Å². The van der Waals surface area contributed by atoms with Crippen LogP contribution in [0.2, 0.25) is 0 Å². The minimum Gasteiger partial charge on any atom is -0.457 e. The van der Waals surface area contributed by atoms with Crippen LogP contribution in [-0.4, -0.2) is 0 Å². The van der Waals surface area contributed by atoms with E-state index in [9.17, 15) is 26.3 Å². The van der Waals surface area contributed by atoms with Crippen molar-refractivity contribution in [1.29, 1.82) is 0 Å². The van der Waals surface area contributed by atoms with Crippen molar-refractivity contribution in [2.75, 3.05) is 0 Å². The average Bonchev–Trinajstić information content (AvgIpc) is 2.79. The molecule has 0 amide bonds. The Kier molecular flexibility index (Phi) is 6.24. The fraction of sp³-hybridized carbons (Fsp3) is 0.0769. The Morgan fingerprint density at radius 2 is 1.21 bits per heavy atom. The Balaban J connectivity index is 1.59. The highest BCUT2D eigenvalue weighted by atomic mass is 19.4. The monoisotopic (exact) mass is 473 g/mol. The van der Waals surface area contributed by atoms with Gasteiger partial charge in [-0.25, -0.2) is 0 Å². The van der Waals surface area contributed by atoms with Gasteiger partial charge in [0.25, 0.3) is 0 Å². The van der Waals surface area contributed by atoms with Crippen LogP contribution in [-0.2, 0) is 12.4 Å². The zero-order valence-electron chi connectivity index (χ0n) is 17.2. The second kappa shape index (κ2) is 9.13. The van der Waals surface area contributed by atoms with Gasteiger partial charge < -0.3 is 9.47 Å². The van der Waals surface area contributed by atoms with Crippen LogP contribution in [0.25, 0.3) is 11.1 Å². The van der Waals surface area contributed by atoms with Gasteiger partial charge in [0.15, 0.2) is 0 Å². The zero-order chi connectivity index (χ0) is 24.3. The van der Waals surface area contributed by atoms with Crippen LogP contribution in [0.5, 0.6) is 23.0 Å². The molecule has 4 aromatic carbocycles. The van der Waals surface area contributed by atoms with Crippen LogP contribution >= 0.6 is 0 Å². The predicted molar refractivity (Wildman–Crippen MR) is 114 cm³/mol. The first-order valence-electron chi connectivity index (χ1n) is 9.91. The zero-order valence-corrected chi connectivity index (χ0v) is 17.2. The fourth-order valence-electron chi connectivity index (χ4n) is 3.16. The van der Waals surface area contributed by atoms with E-state index in [4.69, 9.17) is 9.47 Å². The van der Waals surface area contributed by atoms with Gasteiger partial charge in [-0.1, -0.05) is 30.3 Å². The standard InChI is InChI=1S/C26H15F6O2/c27-25(28,29)18-11-13-20(14-12-18)33-21-7-3-5-17(15-21)23-9-1-2-10-24(23)34-22-8-4-6-19(16-22)26(30,31)32/h1-8,10-16H. The highest BCUT2D eigenvalue weighted by molar-refractivity contribution is 5.71. The summed E-state index contributed by atoms with van der Waals surface area (Å²) in [6.07, 6.45) is -8.95. The van der Waals surface area contributed by atoms with Crippen molar-refractivity contribution in [3.8, 4) is 34.1 Å². The predicted octanol–water partition coefficient (Wildman–Crippen LogP) is 8.78. The SMILES string of the molecule is FC(F)(F)c1ccc(Oc2cccc(-c3[c]cccc3Oc3cccc(C(F)(F)F)c3)c2)cc1. The molecule has 0 saturated heterocycles. The lowest BCUT2D eigenvalue weighted by Crippen LogP contribution is -2.04. The molecule has 2 nitrogen and oxygen atoms in total. The van der Waals surface area contributed by atoms with Gasteiger partial charge in [0, 0.05) is 5.56 Å². The number of halogens is 6. The molecule has 0 heterocycles. The molecule has 0 saturated carbocycles. The van der Waals surface area contributed by atoms with Crippen LogP contribution in [0.4, 0.5) is 26.3 Å². The summed E-state index contributed by atoms with van der Waals surface area (Å²) in [7, 11) is 0. The molecule has 0 fully saturated rings. The molecule has 34 heavy (non-hydrogen) atoms. The third-order valence-corrected chi connectivity index (χ3v) is 4.75. The maximum atomic E-state index is 13.0. The van der Waals surface area contributed by atoms with E-state index in [0.717, 1.165) is 24.3 Å². The van der Waals surface area contributed by atoms with Gasteiger partial charge in [0.1, 0.15) is 23.0 Å². The minimum absolute atomic E-state index is 0.00725. The van der Waals surface area contributed by atoms with Gasteiger partial charge in [-0.3, -0.25) is 0 Å². The molecule has 173 valence electrons. The summed E-state index contributed by atoms with van der Waals surface area (Å²) in [5.74, 6) is 0.837. The number of hydrogen-bond acceptors (Lipinski definition) is 2. The van der Waals surface area contributed by atoms with Gasteiger partial charge in [0.05, 0.1) is 11.1 Å². The van der Waals surface area contributed by atoms with Crippen molar-refractivity contribution < 1.29 is 35.8 Å². The summed E-state index contributed by atoms with van der Waals surface area (Å²) in [5, 5.41) is 0. The van der Waals surface area contributed by atoms with Crippen molar-refractivity contribution in [1.82, 2.24) is 0 Å². The molecule has 0 aliphatic carbocycles. The number of rotatable bonds is 5. The van der Waals surface area contributed by atoms with E-state index in [0.29, 0.717) is 16.9 Å². The van der Waals surface area contributed by atoms with Crippen LogP contribution in [0.1, 0.15) is 11.1 Å². The Morgan fingerprint density at radius 3 is 1.88 bits per heavy atom. The van der Waals surface area contributed by atoms with Crippen LogP contribution < -0.4 is 9.47 Å². The van der Waals surface area contributed by atoms with Gasteiger partial charge in [0.2, 0.25) is 0 Å². The summed E-state index contributed by atoms with van der Waals surface area (Å²) in [6.45, 7) is 0. The quantitative estimate of drug-likeness (QED) is 0.270. The molecular weight excluding hydrogens is 458 g/mol. The molecule has 1 radical (unpaired) electrons. The minimum atomic E-state index is -4.50. The maximum Gasteiger partial charge on any atom is 0.416 e. The number of alkyl halides is 6.